The number of benzene rings is 1. The van der Waals surface area contributed by atoms with Gasteiger partial charge in [0.25, 0.3) is 5.91 Å². The molecule has 0 aliphatic carbocycles. The molecule has 1 aliphatic rings. The van der Waals surface area contributed by atoms with Gasteiger partial charge in [0, 0.05) is 31.2 Å². The number of nitrogens with zero attached hydrogens (tertiary/aromatic N) is 2. The number of hydrogen-bond donors (Lipinski definition) is 0. The molecule has 6 heteroatoms. The summed E-state index contributed by atoms with van der Waals surface area (Å²) < 4.78 is 26.6. The molecule has 0 bridgehead atoms. The smallest absolute Gasteiger partial charge is 0.254 e. The predicted molar refractivity (Wildman–Crippen MR) is 95.5 cm³/mol. The second kappa shape index (κ2) is 7.66. The van der Waals surface area contributed by atoms with Crippen molar-refractivity contribution in [3.05, 3.63) is 29.8 Å². The third kappa shape index (κ3) is 3.81. The summed E-state index contributed by atoms with van der Waals surface area (Å²) in [5.74, 6) is -0.0641. The molecule has 1 fully saturated rings. The average Bonchev–Trinajstić information content (AvgIpc) is 2.60. The maximum absolute atomic E-state index is 12.9. The molecule has 5 nitrogen and oxygen atoms in total. The highest BCUT2D eigenvalue weighted by atomic mass is 32.2. The lowest BCUT2D eigenvalue weighted by Gasteiger charge is -2.35. The van der Waals surface area contributed by atoms with Gasteiger partial charge in [-0.15, -0.1) is 0 Å². The number of amides is 1. The maximum atomic E-state index is 12.9. The van der Waals surface area contributed by atoms with Crippen molar-refractivity contribution in [1.82, 2.24) is 9.21 Å². The van der Waals surface area contributed by atoms with E-state index in [0.29, 0.717) is 5.56 Å². The zero-order valence-electron chi connectivity index (χ0n) is 15.0. The number of rotatable bonds is 5. The van der Waals surface area contributed by atoms with E-state index in [9.17, 15) is 13.2 Å². The number of piperidine rings is 1. The van der Waals surface area contributed by atoms with Crippen LogP contribution in [0.3, 0.4) is 0 Å². The molecule has 1 heterocycles. The molecule has 1 amide bonds. The van der Waals surface area contributed by atoms with Crippen molar-refractivity contribution in [3.8, 4) is 0 Å². The first-order valence-corrected chi connectivity index (χ1v) is 10.1. The van der Waals surface area contributed by atoms with Gasteiger partial charge in [0.05, 0.1) is 4.90 Å². The summed E-state index contributed by atoms with van der Waals surface area (Å²) in [5.41, 5.74) is 0.452. The van der Waals surface area contributed by atoms with Crippen LogP contribution in [0.2, 0.25) is 0 Å². The van der Waals surface area contributed by atoms with Crippen molar-refractivity contribution in [1.29, 1.82) is 0 Å². The third-order valence-electron chi connectivity index (χ3n) is 4.84. The monoisotopic (exact) mass is 352 g/mol. The van der Waals surface area contributed by atoms with E-state index in [1.165, 1.54) is 10.4 Å². The first-order valence-electron chi connectivity index (χ1n) is 8.68. The molecular formula is C18H28N2O3S. The van der Waals surface area contributed by atoms with E-state index < -0.39 is 10.0 Å². The van der Waals surface area contributed by atoms with Crippen LogP contribution in [0.5, 0.6) is 0 Å². The molecule has 1 aromatic carbocycles. The first-order chi connectivity index (χ1) is 11.3. The molecule has 1 saturated heterocycles. The van der Waals surface area contributed by atoms with Crippen molar-refractivity contribution in [2.45, 2.75) is 63.4 Å². The van der Waals surface area contributed by atoms with Gasteiger partial charge in [0.2, 0.25) is 10.0 Å². The standard InChI is InChI=1S/C18H28N2O3S/c1-5-16-10-6-7-12-20(16)18(21)15-9-8-11-17(13-15)24(22,23)19(4)14(2)3/h8-9,11,13-14,16H,5-7,10,12H2,1-4H3. The topological polar surface area (TPSA) is 57.7 Å². The van der Waals surface area contributed by atoms with Crippen LogP contribution >= 0.6 is 0 Å². The summed E-state index contributed by atoms with van der Waals surface area (Å²) in [4.78, 5) is 14.9. The lowest BCUT2D eigenvalue weighted by molar-refractivity contribution is 0.0608. The number of carbonyl (C=O) groups is 1. The zero-order chi connectivity index (χ0) is 17.9. The molecule has 24 heavy (non-hydrogen) atoms. The predicted octanol–water partition coefficient (Wildman–Crippen LogP) is 3.12. The highest BCUT2D eigenvalue weighted by Crippen LogP contribution is 2.24. The van der Waals surface area contributed by atoms with Gasteiger partial charge < -0.3 is 4.90 Å². The van der Waals surface area contributed by atoms with E-state index in [0.717, 1.165) is 32.2 Å². The average molecular weight is 353 g/mol. The highest BCUT2D eigenvalue weighted by molar-refractivity contribution is 7.89. The van der Waals surface area contributed by atoms with Crippen molar-refractivity contribution >= 4 is 15.9 Å². The molecule has 0 aromatic heterocycles. The SMILES string of the molecule is CCC1CCCCN1C(=O)c1cccc(S(=O)(=O)N(C)C(C)C)c1. The largest absolute Gasteiger partial charge is 0.336 e. The van der Waals surface area contributed by atoms with Gasteiger partial charge in [-0.05, 0) is 57.7 Å². The molecule has 2 rings (SSSR count). The van der Waals surface area contributed by atoms with E-state index in [1.807, 2.05) is 18.7 Å². The lowest BCUT2D eigenvalue weighted by Crippen LogP contribution is -2.43. The van der Waals surface area contributed by atoms with E-state index in [-0.39, 0.29) is 22.9 Å². The molecule has 1 aliphatic heterocycles. The number of sulfonamides is 1. The van der Waals surface area contributed by atoms with Gasteiger partial charge in [-0.1, -0.05) is 13.0 Å². The van der Waals surface area contributed by atoms with Crippen molar-refractivity contribution < 1.29 is 13.2 Å². The minimum atomic E-state index is -3.58. The van der Waals surface area contributed by atoms with Gasteiger partial charge in [0.1, 0.15) is 0 Å². The molecule has 0 saturated carbocycles. The molecule has 0 radical (unpaired) electrons. The summed E-state index contributed by atoms with van der Waals surface area (Å²) in [6.45, 7) is 6.49. The highest BCUT2D eigenvalue weighted by Gasteiger charge is 2.28. The second-order valence-corrected chi connectivity index (χ2v) is 8.70. The second-order valence-electron chi connectivity index (χ2n) is 6.70. The van der Waals surface area contributed by atoms with E-state index in [4.69, 9.17) is 0 Å². The minimum Gasteiger partial charge on any atom is -0.336 e. The quantitative estimate of drug-likeness (QED) is 0.818. The van der Waals surface area contributed by atoms with Crippen LogP contribution in [-0.2, 0) is 10.0 Å². The third-order valence-corrected chi connectivity index (χ3v) is 6.87. The summed E-state index contributed by atoms with van der Waals surface area (Å²) >= 11 is 0. The van der Waals surface area contributed by atoms with E-state index >= 15 is 0 Å². The summed E-state index contributed by atoms with van der Waals surface area (Å²) in [6.07, 6.45) is 4.11. The van der Waals surface area contributed by atoms with Gasteiger partial charge in [0.15, 0.2) is 0 Å². The van der Waals surface area contributed by atoms with E-state index in [2.05, 4.69) is 6.92 Å². The molecule has 0 spiro atoms. The van der Waals surface area contributed by atoms with Gasteiger partial charge in [-0.25, -0.2) is 8.42 Å². The number of hydrogen-bond acceptors (Lipinski definition) is 3. The molecule has 0 N–H and O–H groups in total. The van der Waals surface area contributed by atoms with Crippen LogP contribution in [0.15, 0.2) is 29.2 Å². The Labute approximate surface area is 145 Å². The van der Waals surface area contributed by atoms with Crippen LogP contribution in [-0.4, -0.2) is 49.2 Å². The van der Waals surface area contributed by atoms with Crippen LogP contribution in [0.25, 0.3) is 0 Å². The van der Waals surface area contributed by atoms with Crippen LogP contribution < -0.4 is 0 Å². The summed E-state index contributed by atoms with van der Waals surface area (Å²) in [6, 6.07) is 6.54. The van der Waals surface area contributed by atoms with Crippen LogP contribution in [0.1, 0.15) is 56.8 Å². The minimum absolute atomic E-state index is 0.0641. The molecular weight excluding hydrogens is 324 g/mol. The van der Waals surface area contributed by atoms with Crippen molar-refractivity contribution in [3.63, 3.8) is 0 Å². The summed E-state index contributed by atoms with van der Waals surface area (Å²) in [7, 11) is -2.02. The summed E-state index contributed by atoms with van der Waals surface area (Å²) in [5, 5.41) is 0. The Bertz CT molecular complexity index is 685. The Hall–Kier alpha value is -1.40. The van der Waals surface area contributed by atoms with Crippen molar-refractivity contribution in [2.75, 3.05) is 13.6 Å². The fourth-order valence-corrected chi connectivity index (χ4v) is 4.51. The Morgan fingerprint density at radius 3 is 2.67 bits per heavy atom. The normalized spacial score (nSPS) is 19.1. The number of likely N-dealkylation sites (tertiary alicyclic amines) is 1. The lowest BCUT2D eigenvalue weighted by atomic mass is 9.99. The van der Waals surface area contributed by atoms with Gasteiger partial charge in [-0.3, -0.25) is 4.79 Å². The Morgan fingerprint density at radius 1 is 1.33 bits per heavy atom. The van der Waals surface area contributed by atoms with Gasteiger partial charge >= 0.3 is 0 Å². The maximum Gasteiger partial charge on any atom is 0.254 e. The fourth-order valence-electron chi connectivity index (χ4n) is 3.09. The molecule has 1 unspecified atom stereocenters. The van der Waals surface area contributed by atoms with Crippen molar-refractivity contribution in [2.24, 2.45) is 0 Å². The number of carbonyl (C=O) groups excluding carboxylic acids is 1. The first kappa shape index (κ1) is 18.9. The molecule has 1 atom stereocenters. The molecule has 134 valence electrons. The van der Waals surface area contributed by atoms with Gasteiger partial charge in [-0.2, -0.15) is 4.31 Å². The van der Waals surface area contributed by atoms with Crippen LogP contribution in [0.4, 0.5) is 0 Å². The fraction of sp³-hybridized carbons (Fsp3) is 0.611. The Kier molecular flexibility index (Phi) is 6.04. The zero-order valence-corrected chi connectivity index (χ0v) is 15.8. The Balaban J connectivity index is 2.31. The van der Waals surface area contributed by atoms with Crippen LogP contribution in [0, 0.1) is 0 Å². The van der Waals surface area contributed by atoms with E-state index in [1.54, 1.807) is 25.2 Å². The Morgan fingerprint density at radius 2 is 2.04 bits per heavy atom. The molecule has 1 aromatic rings.